The summed E-state index contributed by atoms with van der Waals surface area (Å²) in [6.07, 6.45) is 0. The second kappa shape index (κ2) is 8.61. The molecule has 2 aromatic rings. The van der Waals surface area contributed by atoms with Gasteiger partial charge in [0.1, 0.15) is 10.7 Å². The lowest BCUT2D eigenvalue weighted by Gasteiger charge is -2.36. The Balaban J connectivity index is 1.62. The SMILES string of the molecule is Cc1ccc(NC(=O)[C@H](C)N2CCN(S(=O)(=O)c3ccccc3F)CC2)c(C)c1. The maximum absolute atomic E-state index is 13.9. The molecule has 1 amide bonds. The first-order valence-corrected chi connectivity index (χ1v) is 11.0. The number of nitrogens with one attached hydrogen (secondary N) is 1. The monoisotopic (exact) mass is 419 g/mol. The number of nitrogens with zero attached hydrogens (tertiary/aromatic N) is 2. The molecule has 1 atom stereocenters. The molecule has 3 rings (SSSR count). The van der Waals surface area contributed by atoms with Gasteiger partial charge in [-0.1, -0.05) is 29.8 Å². The van der Waals surface area contributed by atoms with Gasteiger partial charge < -0.3 is 5.32 Å². The van der Waals surface area contributed by atoms with Crippen LogP contribution in [0.15, 0.2) is 47.4 Å². The fourth-order valence-electron chi connectivity index (χ4n) is 3.48. The van der Waals surface area contributed by atoms with E-state index < -0.39 is 21.9 Å². The molecule has 1 heterocycles. The molecular formula is C21H26FN3O3S. The van der Waals surface area contributed by atoms with Crippen LogP contribution in [0.3, 0.4) is 0 Å². The largest absolute Gasteiger partial charge is 0.324 e. The van der Waals surface area contributed by atoms with Crippen LogP contribution in [0.1, 0.15) is 18.1 Å². The molecule has 0 unspecified atom stereocenters. The van der Waals surface area contributed by atoms with Crippen molar-refractivity contribution in [2.45, 2.75) is 31.7 Å². The highest BCUT2D eigenvalue weighted by Gasteiger charge is 2.33. The molecule has 1 aliphatic rings. The highest BCUT2D eigenvalue weighted by Crippen LogP contribution is 2.22. The van der Waals surface area contributed by atoms with Crippen LogP contribution in [-0.2, 0) is 14.8 Å². The molecule has 0 aliphatic carbocycles. The van der Waals surface area contributed by atoms with E-state index >= 15 is 0 Å². The molecule has 6 nitrogen and oxygen atoms in total. The summed E-state index contributed by atoms with van der Waals surface area (Å²) in [5.74, 6) is -0.890. The van der Waals surface area contributed by atoms with Gasteiger partial charge in [-0.2, -0.15) is 4.31 Å². The fraction of sp³-hybridized carbons (Fsp3) is 0.381. The summed E-state index contributed by atoms with van der Waals surface area (Å²) in [5, 5.41) is 2.95. The third kappa shape index (κ3) is 4.66. The van der Waals surface area contributed by atoms with Crippen molar-refractivity contribution < 1.29 is 17.6 Å². The molecule has 0 saturated carbocycles. The van der Waals surface area contributed by atoms with E-state index in [1.54, 1.807) is 6.92 Å². The number of hydrogen-bond donors (Lipinski definition) is 1. The van der Waals surface area contributed by atoms with Crippen LogP contribution < -0.4 is 5.32 Å². The summed E-state index contributed by atoms with van der Waals surface area (Å²) in [5.41, 5.74) is 2.89. The average Bonchev–Trinajstić information content (AvgIpc) is 2.69. The Labute approximate surface area is 171 Å². The third-order valence-electron chi connectivity index (χ3n) is 5.29. The van der Waals surface area contributed by atoms with Crippen LogP contribution in [0.25, 0.3) is 0 Å². The van der Waals surface area contributed by atoms with Crippen molar-refractivity contribution >= 4 is 21.6 Å². The number of halogens is 1. The van der Waals surface area contributed by atoms with Crippen LogP contribution in [0.2, 0.25) is 0 Å². The van der Waals surface area contributed by atoms with E-state index in [0.29, 0.717) is 13.1 Å². The first kappa shape index (κ1) is 21.4. The molecule has 0 bridgehead atoms. The second-order valence-corrected chi connectivity index (χ2v) is 9.26. The number of rotatable bonds is 5. The minimum atomic E-state index is -3.89. The summed E-state index contributed by atoms with van der Waals surface area (Å²) in [6, 6.07) is 10.8. The topological polar surface area (TPSA) is 69.7 Å². The first-order valence-electron chi connectivity index (χ1n) is 9.57. The molecule has 2 aromatic carbocycles. The summed E-state index contributed by atoms with van der Waals surface area (Å²) in [4.78, 5) is 14.3. The first-order chi connectivity index (χ1) is 13.7. The molecule has 0 aromatic heterocycles. The summed E-state index contributed by atoms with van der Waals surface area (Å²) < 4.78 is 40.6. The van der Waals surface area contributed by atoms with Gasteiger partial charge in [0.15, 0.2) is 0 Å². The molecule has 8 heteroatoms. The number of piperazine rings is 1. The van der Waals surface area contributed by atoms with Crippen molar-refractivity contribution in [3.05, 3.63) is 59.4 Å². The molecule has 156 valence electrons. The lowest BCUT2D eigenvalue weighted by atomic mass is 10.1. The van der Waals surface area contributed by atoms with E-state index in [2.05, 4.69) is 5.32 Å². The zero-order chi connectivity index (χ0) is 21.2. The molecular weight excluding hydrogens is 393 g/mol. The Morgan fingerprint density at radius 3 is 2.34 bits per heavy atom. The van der Waals surface area contributed by atoms with Gasteiger partial charge in [0.25, 0.3) is 0 Å². The van der Waals surface area contributed by atoms with Crippen molar-refractivity contribution in [1.29, 1.82) is 0 Å². The summed E-state index contributed by atoms with van der Waals surface area (Å²) >= 11 is 0. The molecule has 1 aliphatic heterocycles. The molecule has 0 radical (unpaired) electrons. The van der Waals surface area contributed by atoms with Gasteiger partial charge in [-0.05, 0) is 44.5 Å². The smallest absolute Gasteiger partial charge is 0.246 e. The van der Waals surface area contributed by atoms with E-state index in [1.165, 1.54) is 22.5 Å². The highest BCUT2D eigenvalue weighted by atomic mass is 32.2. The quantitative estimate of drug-likeness (QED) is 0.809. The van der Waals surface area contributed by atoms with Gasteiger partial charge in [-0.3, -0.25) is 9.69 Å². The number of sulfonamides is 1. The molecule has 1 N–H and O–H groups in total. The van der Waals surface area contributed by atoms with Crippen molar-refractivity contribution in [2.75, 3.05) is 31.5 Å². The summed E-state index contributed by atoms with van der Waals surface area (Å²) in [6.45, 7) is 6.95. The van der Waals surface area contributed by atoms with E-state index in [1.807, 2.05) is 36.9 Å². The zero-order valence-electron chi connectivity index (χ0n) is 16.9. The van der Waals surface area contributed by atoms with E-state index in [9.17, 15) is 17.6 Å². The van der Waals surface area contributed by atoms with Crippen LogP contribution in [-0.4, -0.2) is 55.8 Å². The number of carbonyl (C=O) groups is 1. The Kier molecular flexibility index (Phi) is 6.36. The number of aryl methyl sites for hydroxylation is 2. The minimum Gasteiger partial charge on any atom is -0.324 e. The molecule has 0 spiro atoms. The normalized spacial score (nSPS) is 17.1. The Morgan fingerprint density at radius 2 is 1.72 bits per heavy atom. The Bertz CT molecular complexity index is 1000. The van der Waals surface area contributed by atoms with Gasteiger partial charge in [0.2, 0.25) is 15.9 Å². The van der Waals surface area contributed by atoms with Gasteiger partial charge in [0.05, 0.1) is 6.04 Å². The van der Waals surface area contributed by atoms with Gasteiger partial charge in [-0.25, -0.2) is 12.8 Å². The van der Waals surface area contributed by atoms with Crippen LogP contribution >= 0.6 is 0 Å². The van der Waals surface area contributed by atoms with Crippen molar-refractivity contribution in [3.63, 3.8) is 0 Å². The van der Waals surface area contributed by atoms with Gasteiger partial charge in [-0.15, -0.1) is 0 Å². The Hall–Kier alpha value is -2.29. The predicted molar refractivity (Wildman–Crippen MR) is 111 cm³/mol. The Morgan fingerprint density at radius 1 is 1.07 bits per heavy atom. The zero-order valence-corrected chi connectivity index (χ0v) is 17.7. The second-order valence-electron chi connectivity index (χ2n) is 7.35. The number of anilines is 1. The molecule has 1 saturated heterocycles. The average molecular weight is 420 g/mol. The van der Waals surface area contributed by atoms with Crippen molar-refractivity contribution in [1.82, 2.24) is 9.21 Å². The number of amides is 1. The van der Waals surface area contributed by atoms with E-state index in [4.69, 9.17) is 0 Å². The van der Waals surface area contributed by atoms with E-state index in [0.717, 1.165) is 22.9 Å². The number of benzene rings is 2. The molecule has 29 heavy (non-hydrogen) atoms. The summed E-state index contributed by atoms with van der Waals surface area (Å²) in [7, 11) is -3.89. The van der Waals surface area contributed by atoms with Crippen LogP contribution in [0.5, 0.6) is 0 Å². The molecule has 1 fully saturated rings. The number of carbonyl (C=O) groups excluding carboxylic acids is 1. The number of hydrogen-bond acceptors (Lipinski definition) is 4. The lowest BCUT2D eigenvalue weighted by molar-refractivity contribution is -0.121. The van der Waals surface area contributed by atoms with Gasteiger partial charge in [0, 0.05) is 31.9 Å². The van der Waals surface area contributed by atoms with E-state index in [-0.39, 0.29) is 23.9 Å². The standard InChI is InChI=1S/C21H26FN3O3S/c1-15-8-9-19(16(2)14-15)23-21(26)17(3)24-10-12-25(13-11-24)29(27,28)20-7-5-4-6-18(20)22/h4-9,14,17H,10-13H2,1-3H3,(H,23,26)/t17-/m0/s1. The predicted octanol–water partition coefficient (Wildman–Crippen LogP) is 2.78. The maximum atomic E-state index is 13.9. The lowest BCUT2D eigenvalue weighted by Crippen LogP contribution is -2.54. The minimum absolute atomic E-state index is 0.137. The highest BCUT2D eigenvalue weighted by molar-refractivity contribution is 7.89. The van der Waals surface area contributed by atoms with Crippen LogP contribution in [0.4, 0.5) is 10.1 Å². The van der Waals surface area contributed by atoms with Crippen LogP contribution in [0, 0.1) is 19.7 Å². The van der Waals surface area contributed by atoms with Crippen molar-refractivity contribution in [2.24, 2.45) is 0 Å². The fourth-order valence-corrected chi connectivity index (χ4v) is 4.97. The van der Waals surface area contributed by atoms with Crippen molar-refractivity contribution in [3.8, 4) is 0 Å². The third-order valence-corrected chi connectivity index (χ3v) is 7.23. The van der Waals surface area contributed by atoms with Gasteiger partial charge >= 0.3 is 0 Å². The maximum Gasteiger partial charge on any atom is 0.246 e.